The lowest BCUT2D eigenvalue weighted by Gasteiger charge is -1.94. The van der Waals surface area contributed by atoms with E-state index in [0.717, 1.165) is 5.56 Å². The van der Waals surface area contributed by atoms with Gasteiger partial charge in [-0.05, 0) is 35.5 Å². The van der Waals surface area contributed by atoms with Crippen LogP contribution in [0.15, 0.2) is 76.9 Å². The van der Waals surface area contributed by atoms with Gasteiger partial charge in [-0.3, -0.25) is 9.78 Å². The van der Waals surface area contributed by atoms with Gasteiger partial charge in [-0.25, -0.2) is 4.99 Å². The highest BCUT2D eigenvalue weighted by Crippen LogP contribution is 2.25. The summed E-state index contributed by atoms with van der Waals surface area (Å²) in [5, 5.41) is 3.31. The van der Waals surface area contributed by atoms with Crippen molar-refractivity contribution in [1.29, 1.82) is 0 Å². The zero-order valence-corrected chi connectivity index (χ0v) is 12.5. The van der Waals surface area contributed by atoms with Crippen LogP contribution in [0.5, 0.6) is 0 Å². The number of allylic oxidation sites excluding steroid dienone is 2. The Kier molecular flexibility index (Phi) is 4.46. The predicted molar refractivity (Wildman–Crippen MR) is 90.6 cm³/mol. The second-order valence-corrected chi connectivity index (χ2v) is 5.52. The number of hydrogen-bond donors (Lipinski definition) is 1. The summed E-state index contributed by atoms with van der Waals surface area (Å²) in [5.41, 5.74) is 1.80. The van der Waals surface area contributed by atoms with Gasteiger partial charge in [-0.2, -0.15) is 0 Å². The molecule has 108 valence electrons. The lowest BCUT2D eigenvalue weighted by Crippen LogP contribution is -2.19. The quantitative estimate of drug-likeness (QED) is 0.883. The van der Waals surface area contributed by atoms with Crippen LogP contribution < -0.4 is 5.32 Å². The lowest BCUT2D eigenvalue weighted by molar-refractivity contribution is -0.115. The summed E-state index contributed by atoms with van der Waals surface area (Å²) in [6.45, 7) is 0. The summed E-state index contributed by atoms with van der Waals surface area (Å²) in [4.78, 5) is 20.8. The zero-order valence-electron chi connectivity index (χ0n) is 11.6. The second kappa shape index (κ2) is 6.87. The molecule has 1 amide bonds. The molecule has 0 atom stereocenters. The highest BCUT2D eigenvalue weighted by molar-refractivity contribution is 8.18. The Morgan fingerprint density at radius 1 is 1.14 bits per heavy atom. The number of pyridine rings is 1. The molecule has 1 N–H and O–H groups in total. The van der Waals surface area contributed by atoms with Crippen molar-refractivity contribution in [3.8, 4) is 0 Å². The Hall–Kier alpha value is -2.66. The standard InChI is InChI=1S/C17H13N3OS/c21-16-15(10-4-8-13-6-2-1-3-7-13)22-17(20-16)19-14-9-5-11-18-12-14/h1-12H,(H,19,20,21). The molecule has 3 rings (SSSR count). The molecule has 1 aromatic carbocycles. The van der Waals surface area contributed by atoms with Gasteiger partial charge in [0.2, 0.25) is 0 Å². The number of amides is 1. The van der Waals surface area contributed by atoms with Gasteiger partial charge in [-0.15, -0.1) is 0 Å². The third kappa shape index (κ3) is 3.71. The van der Waals surface area contributed by atoms with Crippen molar-refractivity contribution in [2.24, 2.45) is 4.99 Å². The van der Waals surface area contributed by atoms with E-state index in [9.17, 15) is 4.79 Å². The van der Waals surface area contributed by atoms with Crippen molar-refractivity contribution in [2.45, 2.75) is 0 Å². The number of amidine groups is 1. The van der Waals surface area contributed by atoms with Crippen LogP contribution in [0.3, 0.4) is 0 Å². The van der Waals surface area contributed by atoms with Gasteiger partial charge in [0.25, 0.3) is 5.91 Å². The number of aliphatic imine (C=N–C) groups is 1. The molecular weight excluding hydrogens is 294 g/mol. The van der Waals surface area contributed by atoms with Crippen LogP contribution in [0.1, 0.15) is 5.56 Å². The Morgan fingerprint density at radius 3 is 2.77 bits per heavy atom. The normalized spacial score (nSPS) is 18.3. The maximum Gasteiger partial charge on any atom is 0.264 e. The van der Waals surface area contributed by atoms with Crippen LogP contribution in [0.2, 0.25) is 0 Å². The average molecular weight is 307 g/mol. The largest absolute Gasteiger partial charge is 0.300 e. The number of thioether (sulfide) groups is 1. The van der Waals surface area contributed by atoms with E-state index in [1.807, 2.05) is 48.6 Å². The molecule has 1 aliphatic heterocycles. The van der Waals surface area contributed by atoms with Crippen molar-refractivity contribution in [3.63, 3.8) is 0 Å². The minimum Gasteiger partial charge on any atom is -0.300 e. The maximum atomic E-state index is 11.9. The molecule has 0 spiro atoms. The molecular formula is C17H13N3OS. The topological polar surface area (TPSA) is 54.4 Å². The van der Waals surface area contributed by atoms with Crippen LogP contribution in [0.4, 0.5) is 5.69 Å². The Balaban J connectivity index is 1.71. The number of carbonyl (C=O) groups is 1. The first-order chi connectivity index (χ1) is 10.8. The molecule has 1 fully saturated rings. The van der Waals surface area contributed by atoms with E-state index in [2.05, 4.69) is 15.3 Å². The number of nitrogens with zero attached hydrogens (tertiary/aromatic N) is 2. The fourth-order valence-corrected chi connectivity index (χ4v) is 2.64. The van der Waals surface area contributed by atoms with Gasteiger partial charge < -0.3 is 5.32 Å². The Morgan fingerprint density at radius 2 is 2.00 bits per heavy atom. The molecule has 0 saturated carbocycles. The van der Waals surface area contributed by atoms with E-state index in [-0.39, 0.29) is 5.91 Å². The van der Waals surface area contributed by atoms with E-state index in [4.69, 9.17) is 0 Å². The monoisotopic (exact) mass is 307 g/mol. The van der Waals surface area contributed by atoms with Gasteiger partial charge in [0, 0.05) is 6.20 Å². The second-order valence-electron chi connectivity index (χ2n) is 4.49. The van der Waals surface area contributed by atoms with Gasteiger partial charge in [0.15, 0.2) is 5.17 Å². The Bertz CT molecular complexity index is 752. The molecule has 1 saturated heterocycles. The van der Waals surface area contributed by atoms with Crippen LogP contribution in [0, 0.1) is 0 Å². The fraction of sp³-hybridized carbons (Fsp3) is 0. The first-order valence-corrected chi connectivity index (χ1v) is 7.54. The molecule has 22 heavy (non-hydrogen) atoms. The highest BCUT2D eigenvalue weighted by Gasteiger charge is 2.22. The number of carbonyl (C=O) groups excluding carboxylic acids is 1. The van der Waals surface area contributed by atoms with E-state index in [0.29, 0.717) is 15.8 Å². The minimum absolute atomic E-state index is 0.134. The summed E-state index contributed by atoms with van der Waals surface area (Å²) < 4.78 is 0. The minimum atomic E-state index is -0.134. The maximum absolute atomic E-state index is 11.9. The lowest BCUT2D eigenvalue weighted by atomic mass is 10.2. The number of hydrogen-bond acceptors (Lipinski definition) is 4. The molecule has 4 nitrogen and oxygen atoms in total. The average Bonchev–Trinajstić information content (AvgIpc) is 2.89. The molecule has 5 heteroatoms. The van der Waals surface area contributed by atoms with Crippen LogP contribution in [0.25, 0.3) is 6.08 Å². The molecule has 0 bridgehead atoms. The predicted octanol–water partition coefficient (Wildman–Crippen LogP) is 3.53. The number of aromatic nitrogens is 1. The van der Waals surface area contributed by atoms with E-state index < -0.39 is 0 Å². The molecule has 0 unspecified atom stereocenters. The SMILES string of the molecule is O=C1NC(=Nc2cccnc2)SC1=CC=Cc1ccccc1. The van der Waals surface area contributed by atoms with Crippen LogP contribution in [-0.2, 0) is 4.79 Å². The molecule has 2 heterocycles. The first kappa shape index (κ1) is 14.3. The summed E-state index contributed by atoms with van der Waals surface area (Å²) in [6.07, 6.45) is 8.95. The fourth-order valence-electron chi connectivity index (χ4n) is 1.84. The number of benzene rings is 1. The first-order valence-electron chi connectivity index (χ1n) is 6.72. The molecule has 2 aromatic rings. The zero-order chi connectivity index (χ0) is 15.2. The van der Waals surface area contributed by atoms with Crippen molar-refractivity contribution in [1.82, 2.24) is 10.3 Å². The third-order valence-electron chi connectivity index (χ3n) is 2.86. The molecule has 0 radical (unpaired) electrons. The summed E-state index contributed by atoms with van der Waals surface area (Å²) in [7, 11) is 0. The molecule has 1 aromatic heterocycles. The van der Waals surface area contributed by atoms with Crippen molar-refractivity contribution in [3.05, 3.63) is 77.5 Å². The third-order valence-corrected chi connectivity index (χ3v) is 3.79. The smallest absolute Gasteiger partial charge is 0.264 e. The van der Waals surface area contributed by atoms with Gasteiger partial charge in [-0.1, -0.05) is 42.5 Å². The van der Waals surface area contributed by atoms with Gasteiger partial charge >= 0.3 is 0 Å². The number of nitrogens with one attached hydrogen (secondary N) is 1. The Labute approximate surface area is 132 Å². The summed E-state index contributed by atoms with van der Waals surface area (Å²) >= 11 is 1.32. The molecule has 0 aliphatic carbocycles. The number of rotatable bonds is 3. The highest BCUT2D eigenvalue weighted by atomic mass is 32.2. The van der Waals surface area contributed by atoms with Gasteiger partial charge in [0.1, 0.15) is 0 Å². The van der Waals surface area contributed by atoms with E-state index >= 15 is 0 Å². The van der Waals surface area contributed by atoms with Crippen LogP contribution in [-0.4, -0.2) is 16.1 Å². The summed E-state index contributed by atoms with van der Waals surface area (Å²) in [5.74, 6) is -0.134. The van der Waals surface area contributed by atoms with E-state index in [1.54, 1.807) is 24.5 Å². The summed E-state index contributed by atoms with van der Waals surface area (Å²) in [6, 6.07) is 13.6. The van der Waals surface area contributed by atoms with E-state index in [1.165, 1.54) is 11.8 Å². The van der Waals surface area contributed by atoms with Crippen molar-refractivity contribution >= 4 is 34.6 Å². The molecule has 1 aliphatic rings. The van der Waals surface area contributed by atoms with Gasteiger partial charge in [0.05, 0.1) is 16.8 Å². The van der Waals surface area contributed by atoms with Crippen molar-refractivity contribution < 1.29 is 4.79 Å². The van der Waals surface area contributed by atoms with Crippen molar-refractivity contribution in [2.75, 3.05) is 0 Å². The van der Waals surface area contributed by atoms with Crippen LogP contribution >= 0.6 is 11.8 Å².